The fraction of sp³-hybridized carbons (Fsp3) is 0.700. The second-order valence-electron chi connectivity index (χ2n) is 4.59. The van der Waals surface area contributed by atoms with Crippen LogP contribution in [0.5, 0.6) is 0 Å². The van der Waals surface area contributed by atoms with Gasteiger partial charge in [0.15, 0.2) is 5.69 Å². The molecule has 6 nitrogen and oxygen atoms in total. The molecule has 0 bridgehead atoms. The van der Waals surface area contributed by atoms with E-state index in [-0.39, 0.29) is 11.7 Å². The number of fused-ring (bicyclic) bond motifs is 1. The van der Waals surface area contributed by atoms with Gasteiger partial charge in [0.05, 0.1) is 12.2 Å². The van der Waals surface area contributed by atoms with Crippen molar-refractivity contribution in [2.24, 2.45) is 0 Å². The standard InChI is InChI=1S/C10H14F3N5O/c1-5-4-18-7(3-14-5)8(16-17-18)9(19)15-6(2)10(11,12)13/h5-6,14H,3-4H2,1-2H3,(H,15,19)/t5-,6+/m0/s1. The van der Waals surface area contributed by atoms with Crippen LogP contribution in [0.1, 0.15) is 30.0 Å². The molecular weight excluding hydrogens is 263 g/mol. The highest BCUT2D eigenvalue weighted by Gasteiger charge is 2.38. The predicted molar refractivity (Wildman–Crippen MR) is 59.3 cm³/mol. The molecule has 0 radical (unpaired) electrons. The minimum absolute atomic E-state index is 0.0597. The Morgan fingerprint density at radius 2 is 2.26 bits per heavy atom. The Hall–Kier alpha value is -1.64. The topological polar surface area (TPSA) is 71.8 Å². The number of hydrogen-bond acceptors (Lipinski definition) is 4. The van der Waals surface area contributed by atoms with Gasteiger partial charge in [-0.15, -0.1) is 5.10 Å². The fourth-order valence-corrected chi connectivity index (χ4v) is 1.77. The number of carbonyl (C=O) groups excluding carboxylic acids is 1. The van der Waals surface area contributed by atoms with Crippen molar-refractivity contribution < 1.29 is 18.0 Å². The van der Waals surface area contributed by atoms with Crippen LogP contribution in [0.4, 0.5) is 13.2 Å². The third-order valence-corrected chi connectivity index (χ3v) is 2.96. The molecule has 9 heteroatoms. The highest BCUT2D eigenvalue weighted by Crippen LogP contribution is 2.20. The van der Waals surface area contributed by atoms with Gasteiger partial charge in [-0.2, -0.15) is 13.2 Å². The Morgan fingerprint density at radius 1 is 1.58 bits per heavy atom. The Balaban J connectivity index is 2.13. The highest BCUT2D eigenvalue weighted by molar-refractivity contribution is 5.93. The number of hydrogen-bond donors (Lipinski definition) is 2. The summed E-state index contributed by atoms with van der Waals surface area (Å²) in [6.45, 7) is 3.71. The van der Waals surface area contributed by atoms with Crippen LogP contribution in [0.15, 0.2) is 0 Å². The van der Waals surface area contributed by atoms with E-state index in [4.69, 9.17) is 0 Å². The van der Waals surface area contributed by atoms with Gasteiger partial charge in [0.25, 0.3) is 5.91 Å². The summed E-state index contributed by atoms with van der Waals surface area (Å²) in [5.74, 6) is -0.859. The van der Waals surface area contributed by atoms with Crippen molar-refractivity contribution in [1.82, 2.24) is 25.6 Å². The molecule has 1 aliphatic heterocycles. The number of rotatable bonds is 2. The zero-order valence-corrected chi connectivity index (χ0v) is 10.5. The van der Waals surface area contributed by atoms with E-state index in [1.165, 1.54) is 4.68 Å². The van der Waals surface area contributed by atoms with Crippen LogP contribution >= 0.6 is 0 Å². The van der Waals surface area contributed by atoms with Crippen molar-refractivity contribution in [3.05, 3.63) is 11.4 Å². The summed E-state index contributed by atoms with van der Waals surface area (Å²) in [7, 11) is 0. The van der Waals surface area contributed by atoms with Crippen LogP contribution in [-0.4, -0.2) is 39.2 Å². The zero-order chi connectivity index (χ0) is 14.2. The quantitative estimate of drug-likeness (QED) is 0.823. The van der Waals surface area contributed by atoms with E-state index in [9.17, 15) is 18.0 Å². The van der Waals surface area contributed by atoms with Gasteiger partial charge in [-0.05, 0) is 13.8 Å². The lowest BCUT2D eigenvalue weighted by Crippen LogP contribution is -2.44. The Morgan fingerprint density at radius 3 is 2.89 bits per heavy atom. The summed E-state index contributed by atoms with van der Waals surface area (Å²) in [6.07, 6.45) is -4.48. The van der Waals surface area contributed by atoms with Crippen molar-refractivity contribution >= 4 is 5.91 Å². The monoisotopic (exact) mass is 277 g/mol. The molecule has 2 atom stereocenters. The minimum Gasteiger partial charge on any atom is -0.339 e. The van der Waals surface area contributed by atoms with Crippen molar-refractivity contribution in [2.45, 2.75) is 45.2 Å². The van der Waals surface area contributed by atoms with Crippen molar-refractivity contribution in [1.29, 1.82) is 0 Å². The molecule has 1 aliphatic rings. The second kappa shape index (κ2) is 4.80. The van der Waals surface area contributed by atoms with Crippen molar-refractivity contribution in [3.8, 4) is 0 Å². The van der Waals surface area contributed by atoms with E-state index in [1.807, 2.05) is 12.2 Å². The molecule has 0 fully saturated rings. The number of carbonyl (C=O) groups is 1. The van der Waals surface area contributed by atoms with Crippen LogP contribution in [0.3, 0.4) is 0 Å². The maximum Gasteiger partial charge on any atom is 0.408 e. The van der Waals surface area contributed by atoms with E-state index >= 15 is 0 Å². The van der Waals surface area contributed by atoms with Gasteiger partial charge >= 0.3 is 6.18 Å². The number of nitrogens with zero attached hydrogens (tertiary/aromatic N) is 3. The fourth-order valence-electron chi connectivity index (χ4n) is 1.77. The summed E-state index contributed by atoms with van der Waals surface area (Å²) in [4.78, 5) is 11.8. The van der Waals surface area contributed by atoms with Gasteiger partial charge in [-0.25, -0.2) is 4.68 Å². The first-order chi connectivity index (χ1) is 8.79. The average Bonchev–Trinajstić information content (AvgIpc) is 2.70. The second-order valence-corrected chi connectivity index (χ2v) is 4.59. The zero-order valence-electron chi connectivity index (χ0n) is 10.5. The minimum atomic E-state index is -4.48. The molecule has 2 N–H and O–H groups in total. The number of aromatic nitrogens is 3. The molecule has 2 rings (SSSR count). The smallest absolute Gasteiger partial charge is 0.339 e. The van der Waals surface area contributed by atoms with E-state index in [1.54, 1.807) is 0 Å². The molecule has 2 heterocycles. The third-order valence-electron chi connectivity index (χ3n) is 2.96. The van der Waals surface area contributed by atoms with Gasteiger partial charge in [0.1, 0.15) is 6.04 Å². The lowest BCUT2D eigenvalue weighted by molar-refractivity contribution is -0.149. The third kappa shape index (κ3) is 2.86. The lowest BCUT2D eigenvalue weighted by Gasteiger charge is -2.21. The first-order valence-corrected chi connectivity index (χ1v) is 5.82. The van der Waals surface area contributed by atoms with Gasteiger partial charge in [0.2, 0.25) is 0 Å². The van der Waals surface area contributed by atoms with Gasteiger partial charge in [0, 0.05) is 12.6 Å². The van der Waals surface area contributed by atoms with Crippen LogP contribution in [0.25, 0.3) is 0 Å². The molecule has 1 aromatic heterocycles. The van der Waals surface area contributed by atoms with E-state index in [0.717, 1.165) is 6.92 Å². The Labute approximate surface area is 107 Å². The molecule has 0 saturated heterocycles. The molecule has 0 aromatic carbocycles. The molecule has 0 spiro atoms. The maximum atomic E-state index is 12.4. The molecule has 19 heavy (non-hydrogen) atoms. The average molecular weight is 277 g/mol. The predicted octanol–water partition coefficient (Wildman–Crippen LogP) is 0.450. The van der Waals surface area contributed by atoms with Crippen LogP contribution in [-0.2, 0) is 13.1 Å². The summed E-state index contributed by atoms with van der Waals surface area (Å²) in [5.41, 5.74) is 0.445. The summed E-state index contributed by atoms with van der Waals surface area (Å²) in [5, 5.41) is 12.4. The van der Waals surface area contributed by atoms with Crippen LogP contribution < -0.4 is 10.6 Å². The van der Waals surface area contributed by atoms with E-state index in [0.29, 0.717) is 18.8 Å². The molecule has 106 valence electrons. The molecule has 1 aromatic rings. The van der Waals surface area contributed by atoms with Crippen molar-refractivity contribution in [3.63, 3.8) is 0 Å². The maximum absolute atomic E-state index is 12.4. The Bertz CT molecular complexity index is 484. The van der Waals surface area contributed by atoms with E-state index < -0.39 is 18.1 Å². The van der Waals surface area contributed by atoms with Gasteiger partial charge in [-0.3, -0.25) is 4.79 Å². The molecular formula is C10H14F3N5O. The largest absolute Gasteiger partial charge is 0.408 e. The van der Waals surface area contributed by atoms with Crippen molar-refractivity contribution in [2.75, 3.05) is 0 Å². The number of halogens is 3. The lowest BCUT2D eigenvalue weighted by atomic mass is 10.2. The van der Waals surface area contributed by atoms with Gasteiger partial charge in [-0.1, -0.05) is 5.21 Å². The molecule has 0 aliphatic carbocycles. The number of alkyl halides is 3. The normalized spacial score (nSPS) is 20.8. The Kier molecular flexibility index (Phi) is 3.48. The van der Waals surface area contributed by atoms with Crippen LogP contribution in [0, 0.1) is 0 Å². The first-order valence-electron chi connectivity index (χ1n) is 5.82. The SMILES string of the molecule is C[C@H]1Cn2nnc(C(=O)N[C@H](C)C(F)(F)F)c2CN1. The first kappa shape index (κ1) is 13.8. The summed E-state index contributed by atoms with van der Waals surface area (Å²) >= 11 is 0. The number of nitrogens with one attached hydrogen (secondary N) is 2. The van der Waals surface area contributed by atoms with Gasteiger partial charge < -0.3 is 10.6 Å². The number of amides is 1. The molecule has 0 unspecified atom stereocenters. The molecule has 0 saturated carbocycles. The van der Waals surface area contributed by atoms with E-state index in [2.05, 4.69) is 15.6 Å². The molecule has 1 amide bonds. The highest BCUT2D eigenvalue weighted by atomic mass is 19.4. The summed E-state index contributed by atoms with van der Waals surface area (Å²) < 4.78 is 38.7. The summed E-state index contributed by atoms with van der Waals surface area (Å²) in [6, 6.07) is -1.74. The van der Waals surface area contributed by atoms with Crippen LogP contribution in [0.2, 0.25) is 0 Å².